The van der Waals surface area contributed by atoms with Crippen molar-refractivity contribution in [3.8, 4) is 12.3 Å². The summed E-state index contributed by atoms with van der Waals surface area (Å²) in [5.41, 5.74) is -2.31. The lowest BCUT2D eigenvalue weighted by atomic mass is 9.84. The van der Waals surface area contributed by atoms with Crippen molar-refractivity contribution in [3.63, 3.8) is 0 Å². The summed E-state index contributed by atoms with van der Waals surface area (Å²) in [5, 5.41) is 2.58. The fourth-order valence-electron chi connectivity index (χ4n) is 1.81. The first-order valence-electron chi connectivity index (χ1n) is 4.81. The number of carbonyl (C=O) groups excluding carboxylic acids is 1. The molecule has 0 aliphatic carbocycles. The van der Waals surface area contributed by atoms with Crippen molar-refractivity contribution >= 4 is 5.91 Å². The summed E-state index contributed by atoms with van der Waals surface area (Å²) < 4.78 is 38.8. The number of nitrogens with zero attached hydrogens (tertiary/aromatic N) is 1. The van der Waals surface area contributed by atoms with Gasteiger partial charge in [-0.05, 0) is 13.0 Å². The lowest BCUT2D eigenvalue weighted by molar-refractivity contribution is -0.220. The van der Waals surface area contributed by atoms with Gasteiger partial charge in [0.05, 0.1) is 6.54 Å². The topological polar surface area (TPSA) is 32.3 Å². The molecule has 1 fully saturated rings. The zero-order valence-corrected chi connectivity index (χ0v) is 8.90. The Kier molecular flexibility index (Phi) is 3.48. The summed E-state index contributed by atoms with van der Waals surface area (Å²) in [6.07, 6.45) is 0.200. The van der Waals surface area contributed by atoms with Gasteiger partial charge >= 0.3 is 6.18 Å². The summed E-state index contributed by atoms with van der Waals surface area (Å²) in [4.78, 5) is 12.7. The fraction of sp³-hybridized carbons (Fsp3) is 0.700. The van der Waals surface area contributed by atoms with Gasteiger partial charge in [-0.25, -0.2) is 0 Å². The molecule has 1 atom stereocenters. The molecule has 1 aliphatic rings. The number of nitrogens with one attached hydrogen (secondary N) is 1. The van der Waals surface area contributed by atoms with E-state index in [0.29, 0.717) is 0 Å². The molecule has 1 N–H and O–H groups in total. The molecule has 0 radical (unpaired) electrons. The van der Waals surface area contributed by atoms with Crippen LogP contribution in [0.2, 0.25) is 0 Å². The van der Waals surface area contributed by atoms with Gasteiger partial charge in [-0.2, -0.15) is 13.2 Å². The van der Waals surface area contributed by atoms with Crippen LogP contribution in [0.3, 0.4) is 0 Å². The molecule has 1 rings (SSSR count). The van der Waals surface area contributed by atoms with E-state index in [9.17, 15) is 18.0 Å². The van der Waals surface area contributed by atoms with Crippen LogP contribution in [0.25, 0.3) is 0 Å². The van der Waals surface area contributed by atoms with Crippen molar-refractivity contribution in [3.05, 3.63) is 0 Å². The van der Waals surface area contributed by atoms with Crippen LogP contribution < -0.4 is 5.32 Å². The number of amides is 1. The van der Waals surface area contributed by atoms with Crippen molar-refractivity contribution in [1.82, 2.24) is 10.2 Å². The van der Waals surface area contributed by atoms with E-state index in [1.165, 1.54) is 7.05 Å². The van der Waals surface area contributed by atoms with Crippen molar-refractivity contribution in [1.29, 1.82) is 0 Å². The first kappa shape index (κ1) is 12.8. The zero-order valence-electron chi connectivity index (χ0n) is 8.90. The molecule has 0 bridgehead atoms. The van der Waals surface area contributed by atoms with Gasteiger partial charge in [-0.3, -0.25) is 4.79 Å². The van der Waals surface area contributed by atoms with E-state index in [0.717, 1.165) is 4.90 Å². The van der Waals surface area contributed by atoms with Gasteiger partial charge in [0, 0.05) is 13.6 Å². The molecule has 0 saturated carbocycles. The van der Waals surface area contributed by atoms with Crippen LogP contribution in [-0.4, -0.2) is 43.7 Å². The second-order valence-corrected chi connectivity index (χ2v) is 3.87. The highest BCUT2D eigenvalue weighted by Gasteiger charge is 2.62. The number of alkyl halides is 3. The summed E-state index contributed by atoms with van der Waals surface area (Å²) >= 11 is 0. The molecule has 0 aromatic carbocycles. The minimum Gasteiger partial charge on any atom is -0.334 e. The molecular formula is C10H13F3N2O. The Morgan fingerprint density at radius 1 is 1.62 bits per heavy atom. The largest absolute Gasteiger partial charge is 0.404 e. The first-order valence-corrected chi connectivity index (χ1v) is 4.81. The molecule has 3 nitrogen and oxygen atoms in total. The van der Waals surface area contributed by atoms with Crippen molar-refractivity contribution in [2.45, 2.75) is 12.6 Å². The van der Waals surface area contributed by atoms with E-state index in [1.807, 2.05) is 0 Å². The van der Waals surface area contributed by atoms with E-state index in [1.54, 1.807) is 0 Å². The highest BCUT2D eigenvalue weighted by Crippen LogP contribution is 2.44. The van der Waals surface area contributed by atoms with E-state index < -0.39 is 17.5 Å². The van der Waals surface area contributed by atoms with Gasteiger partial charge in [0.25, 0.3) is 0 Å². The number of carbonyl (C=O) groups is 1. The average molecular weight is 234 g/mol. The van der Waals surface area contributed by atoms with E-state index in [4.69, 9.17) is 6.42 Å². The predicted octanol–water partition coefficient (Wildman–Crippen LogP) is 0.620. The molecule has 1 aliphatic heterocycles. The maximum atomic E-state index is 12.9. The number of terminal acetylenes is 1. The van der Waals surface area contributed by atoms with Crippen molar-refractivity contribution in [2.75, 3.05) is 26.7 Å². The Labute approximate surface area is 92.0 Å². The van der Waals surface area contributed by atoms with E-state index in [2.05, 4.69) is 11.2 Å². The van der Waals surface area contributed by atoms with Crippen LogP contribution in [-0.2, 0) is 4.79 Å². The molecule has 0 aromatic rings. The van der Waals surface area contributed by atoms with Gasteiger partial charge in [0.2, 0.25) is 5.91 Å². The first-order chi connectivity index (χ1) is 7.35. The standard InChI is InChI=1S/C10H13F3N2O/c1-3-6-15(2)8(16)9(10(11,12)13)4-5-14-7-9/h1,14H,4-7H2,2H3. The number of halogens is 3. The Balaban J connectivity index is 2.96. The van der Waals surface area contributed by atoms with Crippen LogP contribution in [0, 0.1) is 17.8 Å². The second-order valence-electron chi connectivity index (χ2n) is 3.87. The minimum absolute atomic E-state index is 0.114. The molecule has 1 saturated heterocycles. The third kappa shape index (κ3) is 2.00. The van der Waals surface area contributed by atoms with Crippen molar-refractivity contribution in [2.24, 2.45) is 5.41 Å². The minimum atomic E-state index is -4.55. The van der Waals surface area contributed by atoms with E-state index in [-0.39, 0.29) is 26.1 Å². The second kappa shape index (κ2) is 4.34. The highest BCUT2D eigenvalue weighted by atomic mass is 19.4. The van der Waals surface area contributed by atoms with Gasteiger partial charge in [0.1, 0.15) is 0 Å². The fourth-order valence-corrected chi connectivity index (χ4v) is 1.81. The number of rotatable bonds is 2. The number of hydrogen-bond donors (Lipinski definition) is 1. The molecule has 6 heteroatoms. The maximum Gasteiger partial charge on any atom is 0.404 e. The van der Waals surface area contributed by atoms with Crippen molar-refractivity contribution < 1.29 is 18.0 Å². The van der Waals surface area contributed by atoms with Crippen LogP contribution >= 0.6 is 0 Å². The van der Waals surface area contributed by atoms with Gasteiger partial charge in [-0.15, -0.1) is 6.42 Å². The predicted molar refractivity (Wildman–Crippen MR) is 52.4 cm³/mol. The molecule has 0 aromatic heterocycles. The highest BCUT2D eigenvalue weighted by molar-refractivity contribution is 5.84. The van der Waals surface area contributed by atoms with Gasteiger partial charge in [-0.1, -0.05) is 5.92 Å². The summed E-state index contributed by atoms with van der Waals surface area (Å²) in [7, 11) is 1.29. The molecular weight excluding hydrogens is 221 g/mol. The number of hydrogen-bond acceptors (Lipinski definition) is 2. The summed E-state index contributed by atoms with van der Waals surface area (Å²) in [6.45, 7) is -0.296. The Morgan fingerprint density at radius 3 is 2.62 bits per heavy atom. The van der Waals surface area contributed by atoms with Crippen LogP contribution in [0.4, 0.5) is 13.2 Å². The average Bonchev–Trinajstić information content (AvgIpc) is 2.65. The van der Waals surface area contributed by atoms with Crippen LogP contribution in [0.5, 0.6) is 0 Å². The Morgan fingerprint density at radius 2 is 2.25 bits per heavy atom. The SMILES string of the molecule is C#CCN(C)C(=O)C1(C(F)(F)F)CCNC1. The molecule has 90 valence electrons. The molecule has 0 spiro atoms. The summed E-state index contributed by atoms with van der Waals surface area (Å²) in [6, 6.07) is 0. The molecule has 1 amide bonds. The van der Waals surface area contributed by atoms with Gasteiger partial charge in [0.15, 0.2) is 5.41 Å². The lowest BCUT2D eigenvalue weighted by Gasteiger charge is -2.32. The maximum absolute atomic E-state index is 12.9. The Bertz CT molecular complexity index is 313. The molecule has 16 heavy (non-hydrogen) atoms. The van der Waals surface area contributed by atoms with E-state index >= 15 is 0 Å². The van der Waals surface area contributed by atoms with Crippen LogP contribution in [0.15, 0.2) is 0 Å². The van der Waals surface area contributed by atoms with Gasteiger partial charge < -0.3 is 10.2 Å². The smallest absolute Gasteiger partial charge is 0.334 e. The summed E-state index contributed by atoms with van der Waals surface area (Å²) in [5.74, 6) is 1.20. The third-order valence-corrected chi connectivity index (χ3v) is 2.78. The molecule has 1 heterocycles. The lowest BCUT2D eigenvalue weighted by Crippen LogP contribution is -2.52. The normalized spacial score (nSPS) is 25.2. The molecule has 1 unspecified atom stereocenters. The quantitative estimate of drug-likeness (QED) is 0.710. The zero-order chi connectivity index (χ0) is 12.4. The van der Waals surface area contributed by atoms with Crippen LogP contribution in [0.1, 0.15) is 6.42 Å². The third-order valence-electron chi connectivity index (χ3n) is 2.78. The Hall–Kier alpha value is -1.22. The monoisotopic (exact) mass is 234 g/mol.